The van der Waals surface area contributed by atoms with Crippen LogP contribution in [-0.4, -0.2) is 28.0 Å². The second-order valence-electron chi connectivity index (χ2n) is 5.64. The number of ether oxygens (including phenoxy) is 2. The topological polar surface area (TPSA) is 82.8 Å². The minimum Gasteiger partial charge on any atom is -0.494 e. The summed E-state index contributed by atoms with van der Waals surface area (Å²) >= 11 is 0. The molecule has 0 aliphatic carbocycles. The first-order chi connectivity index (χ1) is 13.2. The average molecular weight is 380 g/mol. The van der Waals surface area contributed by atoms with Crippen LogP contribution in [0.5, 0.6) is 11.5 Å². The monoisotopic (exact) mass is 380 g/mol. The second-order valence-corrected chi connectivity index (χ2v) is 6.79. The number of fused-ring (bicyclic) bond motifs is 1. The van der Waals surface area contributed by atoms with Crippen molar-refractivity contribution in [2.75, 3.05) is 6.61 Å². The van der Waals surface area contributed by atoms with Crippen LogP contribution >= 0.6 is 0 Å². The van der Waals surface area contributed by atoms with Gasteiger partial charge in [-0.15, -0.1) is 0 Å². The van der Waals surface area contributed by atoms with Crippen LogP contribution < -0.4 is 15.1 Å². The van der Waals surface area contributed by atoms with E-state index in [-0.39, 0.29) is 5.75 Å². The SMILES string of the molecule is O=C[Si]CCCOc1ccc(C(=O)Oc2ccc3ccc(=O)oc3c2)cc1. The Bertz CT molecular complexity index is 993. The van der Waals surface area contributed by atoms with Crippen LogP contribution in [0.3, 0.4) is 0 Å². The van der Waals surface area contributed by atoms with Gasteiger partial charge in [-0.25, -0.2) is 9.59 Å². The van der Waals surface area contributed by atoms with Crippen LogP contribution in [0.15, 0.2) is 63.8 Å². The number of rotatable bonds is 8. The molecule has 0 saturated heterocycles. The summed E-state index contributed by atoms with van der Waals surface area (Å²) in [5.74, 6) is 1.34. The maximum atomic E-state index is 12.3. The third-order valence-electron chi connectivity index (χ3n) is 3.71. The van der Waals surface area contributed by atoms with Gasteiger partial charge in [0.05, 0.1) is 18.1 Å². The van der Waals surface area contributed by atoms with E-state index in [0.717, 1.165) is 23.8 Å². The van der Waals surface area contributed by atoms with E-state index in [2.05, 4.69) is 0 Å². The van der Waals surface area contributed by atoms with Crippen LogP contribution in [0.4, 0.5) is 0 Å². The Balaban J connectivity index is 1.60. The molecule has 0 saturated carbocycles. The van der Waals surface area contributed by atoms with Crippen molar-refractivity contribution in [1.82, 2.24) is 0 Å². The van der Waals surface area contributed by atoms with Crippen molar-refractivity contribution >= 4 is 32.4 Å². The summed E-state index contributed by atoms with van der Waals surface area (Å²) in [6, 6.07) is 15.3. The summed E-state index contributed by atoms with van der Waals surface area (Å²) in [5.41, 5.74) is 0.263. The summed E-state index contributed by atoms with van der Waals surface area (Å²) < 4.78 is 16.0. The Kier molecular flexibility index (Phi) is 6.16. The number of benzene rings is 2. The highest BCUT2D eigenvalue weighted by atomic mass is 28.2. The smallest absolute Gasteiger partial charge is 0.343 e. The highest BCUT2D eigenvalue weighted by molar-refractivity contribution is 6.66. The lowest BCUT2D eigenvalue weighted by Gasteiger charge is -2.07. The molecule has 3 rings (SSSR count). The fourth-order valence-corrected chi connectivity index (χ4v) is 2.85. The molecular formula is C20H16O6Si. The second kappa shape index (κ2) is 8.95. The Labute approximate surface area is 157 Å². The Morgan fingerprint density at radius 2 is 1.78 bits per heavy atom. The molecule has 1 aromatic heterocycles. The lowest BCUT2D eigenvalue weighted by molar-refractivity contribution is 0.0735. The highest BCUT2D eigenvalue weighted by Gasteiger charge is 2.10. The molecule has 3 aromatic rings. The number of esters is 1. The molecule has 0 aliphatic rings. The quantitative estimate of drug-likeness (QED) is 0.149. The lowest BCUT2D eigenvalue weighted by Crippen LogP contribution is -2.08. The van der Waals surface area contributed by atoms with Gasteiger partial charge in [-0.3, -0.25) is 0 Å². The summed E-state index contributed by atoms with van der Waals surface area (Å²) in [7, 11) is 0.310. The Hall–Kier alpha value is -3.19. The molecule has 0 atom stereocenters. The maximum absolute atomic E-state index is 12.3. The summed E-state index contributed by atoms with van der Waals surface area (Å²) in [4.78, 5) is 33.8. The van der Waals surface area contributed by atoms with Crippen LogP contribution in [-0.2, 0) is 4.79 Å². The highest BCUT2D eigenvalue weighted by Crippen LogP contribution is 2.21. The predicted molar refractivity (Wildman–Crippen MR) is 101 cm³/mol. The molecule has 0 spiro atoms. The molecule has 0 N–H and O–H groups in total. The van der Waals surface area contributed by atoms with E-state index in [9.17, 15) is 14.4 Å². The maximum Gasteiger partial charge on any atom is 0.343 e. The van der Waals surface area contributed by atoms with Gasteiger partial charge in [0.2, 0.25) is 0 Å². The predicted octanol–water partition coefficient (Wildman–Crippen LogP) is 3.09. The van der Waals surface area contributed by atoms with Crippen LogP contribution in [0, 0.1) is 0 Å². The van der Waals surface area contributed by atoms with Crippen molar-refractivity contribution in [2.45, 2.75) is 12.5 Å². The zero-order valence-electron chi connectivity index (χ0n) is 14.3. The van der Waals surface area contributed by atoms with Crippen LogP contribution in [0.25, 0.3) is 11.0 Å². The third-order valence-corrected chi connectivity index (χ3v) is 4.52. The fraction of sp³-hybridized carbons (Fsp3) is 0.150. The zero-order chi connectivity index (χ0) is 19.1. The largest absolute Gasteiger partial charge is 0.494 e. The number of hydrogen-bond donors (Lipinski definition) is 0. The first kappa shape index (κ1) is 18.6. The molecular weight excluding hydrogens is 364 g/mol. The number of hydrogen-bond acceptors (Lipinski definition) is 6. The minimum absolute atomic E-state index is 0.290. The van der Waals surface area contributed by atoms with Crippen molar-refractivity contribution in [3.8, 4) is 11.5 Å². The molecule has 2 radical (unpaired) electrons. The van der Waals surface area contributed by atoms with E-state index in [4.69, 9.17) is 13.9 Å². The first-order valence-corrected chi connectivity index (χ1v) is 9.60. The molecule has 6 nitrogen and oxygen atoms in total. The van der Waals surface area contributed by atoms with Gasteiger partial charge in [-0.2, -0.15) is 0 Å². The van der Waals surface area contributed by atoms with Crippen molar-refractivity contribution < 1.29 is 23.5 Å². The first-order valence-electron chi connectivity index (χ1n) is 8.32. The molecule has 0 fully saturated rings. The van der Waals surface area contributed by atoms with Gasteiger partial charge < -0.3 is 18.7 Å². The molecule has 0 unspecified atom stereocenters. The standard InChI is InChI=1S/C20H16O6Si/c21-13-27-11-1-10-24-16-6-3-15(4-7-16)20(23)25-17-8-2-14-5-9-19(22)26-18(14)12-17/h2-9,12-13H,1,10-11H2. The Morgan fingerprint density at radius 3 is 2.56 bits per heavy atom. The van der Waals surface area contributed by atoms with Gasteiger partial charge in [0.1, 0.15) is 26.6 Å². The molecule has 0 aliphatic heterocycles. The minimum atomic E-state index is -0.522. The van der Waals surface area contributed by atoms with Crippen LogP contribution in [0.2, 0.25) is 6.04 Å². The van der Waals surface area contributed by atoms with Gasteiger partial charge in [0.25, 0.3) is 0 Å². The van der Waals surface area contributed by atoms with E-state index in [1.165, 1.54) is 12.1 Å². The van der Waals surface area contributed by atoms with Gasteiger partial charge >= 0.3 is 11.6 Å². The molecule has 1 heterocycles. The Morgan fingerprint density at radius 1 is 1.04 bits per heavy atom. The van der Waals surface area contributed by atoms with Gasteiger partial charge in [-0.05, 0) is 48.9 Å². The van der Waals surface area contributed by atoms with Crippen molar-refractivity contribution in [3.63, 3.8) is 0 Å². The number of carbonyl (C=O) groups excluding carboxylic acids is 2. The third kappa shape index (κ3) is 5.15. The van der Waals surface area contributed by atoms with E-state index >= 15 is 0 Å². The zero-order valence-corrected chi connectivity index (χ0v) is 15.3. The molecule has 7 heteroatoms. The molecule has 27 heavy (non-hydrogen) atoms. The van der Waals surface area contributed by atoms with Crippen LogP contribution in [0.1, 0.15) is 16.8 Å². The van der Waals surface area contributed by atoms with Crippen molar-refractivity contribution in [3.05, 3.63) is 70.6 Å². The van der Waals surface area contributed by atoms with E-state index in [0.29, 0.717) is 33.0 Å². The summed E-state index contributed by atoms with van der Waals surface area (Å²) in [6.07, 6.45) is 0.805. The van der Waals surface area contributed by atoms with Gasteiger partial charge in [0, 0.05) is 17.5 Å². The average Bonchev–Trinajstić information content (AvgIpc) is 2.68. The molecule has 2 aromatic carbocycles. The van der Waals surface area contributed by atoms with E-state index < -0.39 is 11.6 Å². The molecule has 0 bridgehead atoms. The van der Waals surface area contributed by atoms with E-state index in [1.54, 1.807) is 42.5 Å². The van der Waals surface area contributed by atoms with Crippen molar-refractivity contribution in [2.24, 2.45) is 0 Å². The summed E-state index contributed by atoms with van der Waals surface area (Å²) in [6.45, 7) is 0.521. The normalized spacial score (nSPS) is 10.5. The lowest BCUT2D eigenvalue weighted by atomic mass is 10.2. The van der Waals surface area contributed by atoms with Gasteiger partial charge in [-0.1, -0.05) is 6.04 Å². The van der Waals surface area contributed by atoms with Gasteiger partial charge in [0.15, 0.2) is 0 Å². The molecule has 0 amide bonds. The van der Waals surface area contributed by atoms with E-state index in [1.807, 2.05) is 0 Å². The summed E-state index contributed by atoms with van der Waals surface area (Å²) in [5, 5.41) is 0.740. The van der Waals surface area contributed by atoms with Crippen molar-refractivity contribution in [1.29, 1.82) is 0 Å². The fourth-order valence-electron chi connectivity index (χ4n) is 2.38. The molecule has 136 valence electrons. The number of carbonyl (C=O) groups is 2.